The molecule has 0 aliphatic carbocycles. The smallest absolute Gasteiger partial charge is 0.255 e. The van der Waals surface area contributed by atoms with Crippen LogP contribution in [-0.4, -0.2) is 62.3 Å². The highest BCUT2D eigenvalue weighted by Gasteiger charge is 2.45. The molecule has 2 aliphatic rings. The van der Waals surface area contributed by atoms with Gasteiger partial charge in [0.05, 0.1) is 11.8 Å². The van der Waals surface area contributed by atoms with E-state index in [0.717, 1.165) is 22.4 Å². The van der Waals surface area contributed by atoms with E-state index >= 15 is 0 Å². The summed E-state index contributed by atoms with van der Waals surface area (Å²) in [6.45, 7) is 6.34. The van der Waals surface area contributed by atoms with Crippen LogP contribution in [0.25, 0.3) is 11.3 Å². The molecular formula is C29H32N4O5. The van der Waals surface area contributed by atoms with Crippen molar-refractivity contribution in [3.63, 3.8) is 0 Å². The van der Waals surface area contributed by atoms with Gasteiger partial charge in [-0.2, -0.15) is 0 Å². The Morgan fingerprint density at radius 3 is 2.55 bits per heavy atom. The van der Waals surface area contributed by atoms with Gasteiger partial charge in [0.15, 0.2) is 12.2 Å². The molecule has 0 saturated carbocycles. The average Bonchev–Trinajstić information content (AvgIpc) is 3.60. The number of rotatable bonds is 7. The molecule has 5 rings (SSSR count). The van der Waals surface area contributed by atoms with E-state index in [1.807, 2.05) is 63.2 Å². The number of carbonyl (C=O) groups is 3. The number of hydrogen-bond acceptors (Lipinski definition) is 6. The van der Waals surface area contributed by atoms with Crippen LogP contribution in [0, 0.1) is 12.8 Å². The van der Waals surface area contributed by atoms with Crippen LogP contribution < -0.4 is 5.32 Å². The highest BCUT2D eigenvalue weighted by molar-refractivity contribution is 6.01. The van der Waals surface area contributed by atoms with Crippen molar-refractivity contribution in [2.75, 3.05) is 6.54 Å². The lowest BCUT2D eigenvalue weighted by Crippen LogP contribution is -2.55. The number of oxazole rings is 1. The van der Waals surface area contributed by atoms with Crippen LogP contribution in [-0.2, 0) is 22.7 Å². The van der Waals surface area contributed by atoms with Gasteiger partial charge in [-0.15, -0.1) is 0 Å². The highest BCUT2D eigenvalue weighted by Crippen LogP contribution is 2.30. The van der Waals surface area contributed by atoms with E-state index in [1.165, 1.54) is 11.3 Å². The number of benzene rings is 2. The first kappa shape index (κ1) is 25.7. The standard InChI is InChI=1S/C29H32N4O5/c1-17(2)25(33-14-21-6-4-5-7-23(21)28(33)36)29(37)32-15-22(34)12-24(32)27(35)30-13-19-8-10-20(11-9-19)26-18(3)31-16-38-26/h4-11,16-17,22,24-25,34H,12-15H2,1-3H3,(H,30,35)/t22-,24?,25+/m1/s1. The zero-order valence-electron chi connectivity index (χ0n) is 21.8. The number of β-amino-alcohol motifs (C(OH)–C–C–N with tert-alkyl or cyclic N) is 1. The molecule has 38 heavy (non-hydrogen) atoms. The van der Waals surface area contributed by atoms with Crippen LogP contribution in [0.5, 0.6) is 0 Å². The van der Waals surface area contributed by atoms with Crippen molar-refractivity contribution < 1.29 is 23.9 Å². The summed E-state index contributed by atoms with van der Waals surface area (Å²) in [7, 11) is 0. The fourth-order valence-electron chi connectivity index (χ4n) is 5.42. The first-order valence-electron chi connectivity index (χ1n) is 12.9. The largest absolute Gasteiger partial charge is 0.443 e. The molecule has 9 heteroatoms. The molecule has 1 saturated heterocycles. The first-order valence-corrected chi connectivity index (χ1v) is 12.9. The minimum Gasteiger partial charge on any atom is -0.443 e. The quantitative estimate of drug-likeness (QED) is 0.499. The Bertz CT molecular complexity index is 1350. The van der Waals surface area contributed by atoms with Crippen molar-refractivity contribution >= 4 is 17.7 Å². The van der Waals surface area contributed by atoms with Crippen molar-refractivity contribution in [3.8, 4) is 11.3 Å². The molecule has 1 unspecified atom stereocenters. The Labute approximate surface area is 221 Å². The number of aromatic nitrogens is 1. The van der Waals surface area contributed by atoms with E-state index in [9.17, 15) is 19.5 Å². The molecule has 0 radical (unpaired) electrons. The summed E-state index contributed by atoms with van der Waals surface area (Å²) in [5.41, 5.74) is 4.07. The molecule has 198 valence electrons. The fraction of sp³-hybridized carbons (Fsp3) is 0.379. The van der Waals surface area contributed by atoms with Gasteiger partial charge in [0.25, 0.3) is 5.91 Å². The number of nitrogens with one attached hydrogen (secondary N) is 1. The van der Waals surface area contributed by atoms with Gasteiger partial charge in [-0.05, 0) is 30.0 Å². The maximum Gasteiger partial charge on any atom is 0.255 e. The molecule has 3 heterocycles. The highest BCUT2D eigenvalue weighted by atomic mass is 16.3. The SMILES string of the molecule is Cc1ncoc1-c1ccc(CNC(=O)C2C[C@@H](O)CN2C(=O)[C@H](C(C)C)N2Cc3ccccc3C2=O)cc1. The second kappa shape index (κ2) is 10.4. The van der Waals surface area contributed by atoms with Gasteiger partial charge in [0, 0.05) is 37.2 Å². The van der Waals surface area contributed by atoms with Crippen LogP contribution >= 0.6 is 0 Å². The molecule has 3 atom stereocenters. The van der Waals surface area contributed by atoms with Gasteiger partial charge in [-0.25, -0.2) is 4.98 Å². The average molecular weight is 517 g/mol. The fourth-order valence-corrected chi connectivity index (χ4v) is 5.42. The normalized spacial score (nSPS) is 19.7. The van der Waals surface area contributed by atoms with Gasteiger partial charge in [-0.1, -0.05) is 56.3 Å². The third-order valence-electron chi connectivity index (χ3n) is 7.36. The maximum absolute atomic E-state index is 13.8. The second-order valence-electron chi connectivity index (χ2n) is 10.4. The molecular weight excluding hydrogens is 484 g/mol. The molecule has 2 aliphatic heterocycles. The first-order chi connectivity index (χ1) is 18.2. The molecule has 3 amide bonds. The number of carbonyl (C=O) groups excluding carboxylic acids is 3. The Hall–Kier alpha value is -3.98. The van der Waals surface area contributed by atoms with Crippen molar-refractivity contribution in [2.24, 2.45) is 5.92 Å². The summed E-state index contributed by atoms with van der Waals surface area (Å²) in [6.07, 6.45) is 0.753. The predicted molar refractivity (Wildman–Crippen MR) is 140 cm³/mol. The molecule has 1 fully saturated rings. The van der Waals surface area contributed by atoms with Gasteiger partial charge in [0.1, 0.15) is 12.1 Å². The second-order valence-corrected chi connectivity index (χ2v) is 10.4. The van der Waals surface area contributed by atoms with E-state index < -0.39 is 18.2 Å². The van der Waals surface area contributed by atoms with Gasteiger partial charge >= 0.3 is 0 Å². The zero-order chi connectivity index (χ0) is 27.0. The van der Waals surface area contributed by atoms with Gasteiger partial charge in [-0.3, -0.25) is 14.4 Å². The molecule has 0 bridgehead atoms. The van der Waals surface area contributed by atoms with Crippen LogP contribution in [0.2, 0.25) is 0 Å². The minimum atomic E-state index is -0.810. The number of aryl methyl sites for hydroxylation is 1. The summed E-state index contributed by atoms with van der Waals surface area (Å²) >= 11 is 0. The molecule has 1 aromatic heterocycles. The van der Waals surface area contributed by atoms with E-state index in [1.54, 1.807) is 11.0 Å². The maximum atomic E-state index is 13.8. The Morgan fingerprint density at radius 2 is 1.89 bits per heavy atom. The van der Waals surface area contributed by atoms with Crippen LogP contribution in [0.4, 0.5) is 0 Å². The predicted octanol–water partition coefficient (Wildman–Crippen LogP) is 2.91. The van der Waals surface area contributed by atoms with Crippen LogP contribution in [0.3, 0.4) is 0 Å². The summed E-state index contributed by atoms with van der Waals surface area (Å²) < 4.78 is 5.43. The molecule has 9 nitrogen and oxygen atoms in total. The van der Waals surface area contributed by atoms with E-state index in [4.69, 9.17) is 4.42 Å². The van der Waals surface area contributed by atoms with E-state index in [-0.39, 0.29) is 43.1 Å². The Morgan fingerprint density at radius 1 is 1.16 bits per heavy atom. The molecule has 2 N–H and O–H groups in total. The number of likely N-dealkylation sites (tertiary alicyclic amines) is 1. The zero-order valence-corrected chi connectivity index (χ0v) is 21.8. The third kappa shape index (κ3) is 4.81. The van der Waals surface area contributed by atoms with Crippen molar-refractivity contribution in [2.45, 2.75) is 58.5 Å². The third-order valence-corrected chi connectivity index (χ3v) is 7.36. The lowest BCUT2D eigenvalue weighted by atomic mass is 10.0. The summed E-state index contributed by atoms with van der Waals surface area (Å²) in [4.78, 5) is 47.3. The summed E-state index contributed by atoms with van der Waals surface area (Å²) in [5.74, 6) is -0.298. The molecule has 3 aromatic rings. The van der Waals surface area contributed by atoms with Crippen molar-refractivity contribution in [1.82, 2.24) is 20.1 Å². The van der Waals surface area contributed by atoms with Gasteiger partial charge < -0.3 is 24.6 Å². The number of nitrogens with zero attached hydrogens (tertiary/aromatic N) is 3. The summed E-state index contributed by atoms with van der Waals surface area (Å²) in [5, 5.41) is 13.3. The van der Waals surface area contributed by atoms with E-state index in [0.29, 0.717) is 17.9 Å². The Balaban J connectivity index is 1.27. The monoisotopic (exact) mass is 516 g/mol. The van der Waals surface area contributed by atoms with Crippen LogP contribution in [0.1, 0.15) is 47.4 Å². The number of aliphatic hydroxyl groups is 1. The molecule has 2 aromatic carbocycles. The topological polar surface area (TPSA) is 116 Å². The van der Waals surface area contributed by atoms with E-state index in [2.05, 4.69) is 10.3 Å². The van der Waals surface area contributed by atoms with Gasteiger partial charge in [0.2, 0.25) is 11.8 Å². The number of amides is 3. The van der Waals surface area contributed by atoms with Crippen LogP contribution in [0.15, 0.2) is 59.3 Å². The Kier molecular flexibility index (Phi) is 7.03. The number of aliphatic hydroxyl groups excluding tert-OH is 1. The number of fused-ring (bicyclic) bond motifs is 1. The minimum absolute atomic E-state index is 0.0559. The summed E-state index contributed by atoms with van der Waals surface area (Å²) in [6, 6.07) is 13.4. The van der Waals surface area contributed by atoms with Crippen molar-refractivity contribution in [1.29, 1.82) is 0 Å². The number of hydrogen-bond donors (Lipinski definition) is 2. The lowest BCUT2D eigenvalue weighted by Gasteiger charge is -2.35. The molecule has 0 spiro atoms. The lowest BCUT2D eigenvalue weighted by molar-refractivity contribution is -0.143. The van der Waals surface area contributed by atoms with Crippen molar-refractivity contribution in [3.05, 3.63) is 77.3 Å².